The standard InChI is InChI=1S/C19H22BrNO4/c1-4-24-18-16(20)11-14(12-17(18)23-3)19(22)21-8-9-25-15-7-5-6-13(2)10-15/h5-7,10-12H,4,8-9H2,1-3H3,(H,21,22). The van der Waals surface area contributed by atoms with Gasteiger partial charge in [0.25, 0.3) is 5.91 Å². The van der Waals surface area contributed by atoms with Crippen molar-refractivity contribution in [3.05, 3.63) is 52.0 Å². The van der Waals surface area contributed by atoms with Gasteiger partial charge in [-0.3, -0.25) is 4.79 Å². The number of benzene rings is 2. The largest absolute Gasteiger partial charge is 0.493 e. The molecule has 0 fully saturated rings. The number of carbonyl (C=O) groups is 1. The van der Waals surface area contributed by atoms with Crippen molar-refractivity contribution >= 4 is 21.8 Å². The fourth-order valence-electron chi connectivity index (χ4n) is 2.28. The Labute approximate surface area is 156 Å². The third-order valence-corrected chi connectivity index (χ3v) is 4.02. The van der Waals surface area contributed by atoms with Gasteiger partial charge in [0, 0.05) is 5.56 Å². The van der Waals surface area contributed by atoms with Crippen molar-refractivity contribution in [2.24, 2.45) is 0 Å². The molecule has 2 rings (SSSR count). The first-order chi connectivity index (χ1) is 12.0. The molecule has 0 heterocycles. The molecule has 2 aromatic carbocycles. The summed E-state index contributed by atoms with van der Waals surface area (Å²) in [4.78, 5) is 12.3. The number of ether oxygens (including phenoxy) is 3. The van der Waals surface area contributed by atoms with Crippen LogP contribution in [0.25, 0.3) is 0 Å². The molecule has 0 aliphatic carbocycles. The Bertz CT molecular complexity index is 733. The first-order valence-electron chi connectivity index (χ1n) is 8.03. The van der Waals surface area contributed by atoms with Crippen LogP contribution in [0.4, 0.5) is 0 Å². The number of halogens is 1. The highest BCUT2D eigenvalue weighted by Crippen LogP contribution is 2.36. The van der Waals surface area contributed by atoms with Crippen LogP contribution in [0.3, 0.4) is 0 Å². The molecule has 6 heteroatoms. The summed E-state index contributed by atoms with van der Waals surface area (Å²) in [6.45, 7) is 5.20. The monoisotopic (exact) mass is 407 g/mol. The maximum absolute atomic E-state index is 12.3. The molecule has 0 aromatic heterocycles. The molecule has 0 atom stereocenters. The minimum absolute atomic E-state index is 0.199. The number of hydrogen-bond acceptors (Lipinski definition) is 4. The van der Waals surface area contributed by atoms with E-state index in [0.29, 0.717) is 41.3 Å². The minimum Gasteiger partial charge on any atom is -0.493 e. The van der Waals surface area contributed by atoms with Crippen LogP contribution >= 0.6 is 15.9 Å². The molecule has 2 aromatic rings. The predicted molar refractivity (Wildman–Crippen MR) is 101 cm³/mol. The van der Waals surface area contributed by atoms with Gasteiger partial charge in [0.15, 0.2) is 11.5 Å². The Morgan fingerprint density at radius 1 is 1.20 bits per heavy atom. The van der Waals surface area contributed by atoms with E-state index >= 15 is 0 Å². The second-order valence-electron chi connectivity index (χ2n) is 5.34. The molecule has 0 spiro atoms. The smallest absolute Gasteiger partial charge is 0.251 e. The quantitative estimate of drug-likeness (QED) is 0.672. The predicted octanol–water partition coefficient (Wildman–Crippen LogP) is 3.97. The molecule has 1 amide bonds. The molecular weight excluding hydrogens is 386 g/mol. The SMILES string of the molecule is CCOc1c(Br)cc(C(=O)NCCOc2cccc(C)c2)cc1OC. The van der Waals surface area contributed by atoms with Crippen molar-refractivity contribution in [2.45, 2.75) is 13.8 Å². The third kappa shape index (κ3) is 5.39. The number of methoxy groups -OCH3 is 1. The molecule has 0 aliphatic rings. The molecule has 5 nitrogen and oxygen atoms in total. The third-order valence-electron chi connectivity index (χ3n) is 3.43. The van der Waals surface area contributed by atoms with Gasteiger partial charge in [0.2, 0.25) is 0 Å². The zero-order valence-electron chi connectivity index (χ0n) is 14.6. The lowest BCUT2D eigenvalue weighted by Crippen LogP contribution is -2.28. The van der Waals surface area contributed by atoms with Crippen LogP contribution in [0, 0.1) is 6.92 Å². The van der Waals surface area contributed by atoms with E-state index < -0.39 is 0 Å². The lowest BCUT2D eigenvalue weighted by Gasteiger charge is -2.13. The van der Waals surface area contributed by atoms with Gasteiger partial charge in [0.1, 0.15) is 12.4 Å². The van der Waals surface area contributed by atoms with Gasteiger partial charge in [-0.15, -0.1) is 0 Å². The lowest BCUT2D eigenvalue weighted by atomic mass is 10.2. The van der Waals surface area contributed by atoms with Crippen LogP contribution in [0.1, 0.15) is 22.8 Å². The van der Waals surface area contributed by atoms with E-state index in [1.165, 1.54) is 0 Å². The van der Waals surface area contributed by atoms with Gasteiger partial charge in [-0.2, -0.15) is 0 Å². The molecule has 0 aliphatic heterocycles. The lowest BCUT2D eigenvalue weighted by molar-refractivity contribution is 0.0946. The highest BCUT2D eigenvalue weighted by molar-refractivity contribution is 9.10. The van der Waals surface area contributed by atoms with Gasteiger partial charge in [-0.1, -0.05) is 12.1 Å². The Morgan fingerprint density at radius 3 is 2.68 bits per heavy atom. The second-order valence-corrected chi connectivity index (χ2v) is 6.20. The summed E-state index contributed by atoms with van der Waals surface area (Å²) in [5.41, 5.74) is 1.62. The molecule has 25 heavy (non-hydrogen) atoms. The highest BCUT2D eigenvalue weighted by atomic mass is 79.9. The summed E-state index contributed by atoms with van der Waals surface area (Å²) in [5.74, 6) is 1.69. The van der Waals surface area contributed by atoms with E-state index in [9.17, 15) is 4.79 Å². The van der Waals surface area contributed by atoms with Crippen LogP contribution in [-0.4, -0.2) is 32.8 Å². The maximum Gasteiger partial charge on any atom is 0.251 e. The molecule has 134 valence electrons. The Balaban J connectivity index is 1.93. The normalized spacial score (nSPS) is 10.2. The number of amides is 1. The Kier molecular flexibility index (Phi) is 7.13. The minimum atomic E-state index is -0.199. The van der Waals surface area contributed by atoms with Gasteiger partial charge in [-0.25, -0.2) is 0 Å². The summed E-state index contributed by atoms with van der Waals surface area (Å²) in [5, 5.41) is 2.83. The van der Waals surface area contributed by atoms with E-state index in [0.717, 1.165) is 11.3 Å². The zero-order valence-corrected chi connectivity index (χ0v) is 16.2. The van der Waals surface area contributed by atoms with Gasteiger partial charge >= 0.3 is 0 Å². The van der Waals surface area contributed by atoms with Crippen molar-refractivity contribution in [1.29, 1.82) is 0 Å². The number of aryl methyl sites for hydroxylation is 1. The van der Waals surface area contributed by atoms with Crippen molar-refractivity contribution in [2.75, 3.05) is 26.9 Å². The van der Waals surface area contributed by atoms with E-state index in [4.69, 9.17) is 14.2 Å². The Morgan fingerprint density at radius 2 is 2.00 bits per heavy atom. The maximum atomic E-state index is 12.3. The van der Waals surface area contributed by atoms with Crippen LogP contribution in [-0.2, 0) is 0 Å². The van der Waals surface area contributed by atoms with Crippen molar-refractivity contribution in [3.63, 3.8) is 0 Å². The van der Waals surface area contributed by atoms with E-state index in [2.05, 4.69) is 21.2 Å². The summed E-state index contributed by atoms with van der Waals surface area (Å²) in [6.07, 6.45) is 0. The first kappa shape index (κ1) is 19.1. The zero-order chi connectivity index (χ0) is 18.2. The molecule has 0 saturated carbocycles. The van der Waals surface area contributed by atoms with Crippen LogP contribution < -0.4 is 19.5 Å². The van der Waals surface area contributed by atoms with Crippen LogP contribution in [0.15, 0.2) is 40.9 Å². The van der Waals surface area contributed by atoms with Crippen LogP contribution in [0.5, 0.6) is 17.2 Å². The van der Waals surface area contributed by atoms with Crippen molar-refractivity contribution in [1.82, 2.24) is 5.32 Å². The highest BCUT2D eigenvalue weighted by Gasteiger charge is 2.15. The summed E-state index contributed by atoms with van der Waals surface area (Å²) >= 11 is 3.42. The fourth-order valence-corrected chi connectivity index (χ4v) is 2.83. The van der Waals surface area contributed by atoms with Gasteiger partial charge in [-0.05, 0) is 59.6 Å². The molecule has 0 radical (unpaired) electrons. The summed E-state index contributed by atoms with van der Waals surface area (Å²) < 4.78 is 17.1. The van der Waals surface area contributed by atoms with E-state index in [-0.39, 0.29) is 5.91 Å². The van der Waals surface area contributed by atoms with E-state index in [1.807, 2.05) is 38.1 Å². The van der Waals surface area contributed by atoms with Crippen molar-refractivity contribution in [3.8, 4) is 17.2 Å². The summed E-state index contributed by atoms with van der Waals surface area (Å²) in [7, 11) is 1.54. The van der Waals surface area contributed by atoms with Gasteiger partial charge in [0.05, 0.1) is 24.7 Å². The molecule has 0 bridgehead atoms. The average Bonchev–Trinajstić information content (AvgIpc) is 2.60. The average molecular weight is 408 g/mol. The van der Waals surface area contributed by atoms with Crippen molar-refractivity contribution < 1.29 is 19.0 Å². The fraction of sp³-hybridized carbons (Fsp3) is 0.316. The molecule has 0 saturated heterocycles. The number of carbonyl (C=O) groups excluding carboxylic acids is 1. The topological polar surface area (TPSA) is 56.8 Å². The second kappa shape index (κ2) is 9.32. The number of nitrogens with one attached hydrogen (secondary N) is 1. The van der Waals surface area contributed by atoms with E-state index in [1.54, 1.807) is 19.2 Å². The van der Waals surface area contributed by atoms with Crippen LogP contribution in [0.2, 0.25) is 0 Å². The first-order valence-corrected chi connectivity index (χ1v) is 8.82. The molecule has 0 unspecified atom stereocenters. The number of rotatable bonds is 8. The Hall–Kier alpha value is -2.21. The molecule has 1 N–H and O–H groups in total. The molecular formula is C19H22BrNO4. The van der Waals surface area contributed by atoms with Gasteiger partial charge < -0.3 is 19.5 Å². The number of hydrogen-bond donors (Lipinski definition) is 1. The summed E-state index contributed by atoms with van der Waals surface area (Å²) in [6, 6.07) is 11.2.